The van der Waals surface area contributed by atoms with Crippen LogP contribution in [0.1, 0.15) is 32.4 Å². The van der Waals surface area contributed by atoms with Gasteiger partial charge >= 0.3 is 5.97 Å². The summed E-state index contributed by atoms with van der Waals surface area (Å²) in [4.78, 5) is 11.1. The Hall–Kier alpha value is -1.36. The van der Waals surface area contributed by atoms with E-state index < -0.39 is 0 Å². The van der Waals surface area contributed by atoms with Crippen molar-refractivity contribution >= 4 is 5.97 Å². The summed E-state index contributed by atoms with van der Waals surface area (Å²) in [7, 11) is 1.39. The van der Waals surface area contributed by atoms with Gasteiger partial charge in [-0.15, -0.1) is 0 Å². The number of hydrogen-bond acceptors (Lipinski definition) is 4. The standard InChI is InChI=1S/C11H19N3O2/c1-8(2)14-7-10(6-13-14)5-12-9(3)11(15)16-4/h6-9,12H,5H2,1-4H3/t9-/m0/s1. The van der Waals surface area contributed by atoms with Crippen LogP contribution < -0.4 is 5.32 Å². The Kier molecular flexibility index (Phi) is 4.49. The molecule has 0 bridgehead atoms. The molecule has 1 rings (SSSR count). The first-order valence-corrected chi connectivity index (χ1v) is 5.38. The predicted octanol–water partition coefficient (Wildman–Crippen LogP) is 1.12. The lowest BCUT2D eigenvalue weighted by atomic mass is 10.3. The van der Waals surface area contributed by atoms with Crippen molar-refractivity contribution in [1.29, 1.82) is 0 Å². The highest BCUT2D eigenvalue weighted by Gasteiger charge is 2.12. The zero-order valence-electron chi connectivity index (χ0n) is 10.2. The van der Waals surface area contributed by atoms with Gasteiger partial charge in [0.15, 0.2) is 0 Å². The smallest absolute Gasteiger partial charge is 0.322 e. The van der Waals surface area contributed by atoms with E-state index in [4.69, 9.17) is 0 Å². The summed E-state index contributed by atoms with van der Waals surface area (Å²) in [5, 5.41) is 7.29. The lowest BCUT2D eigenvalue weighted by molar-refractivity contribution is -0.142. The second kappa shape index (κ2) is 5.65. The Morgan fingerprint density at radius 2 is 2.25 bits per heavy atom. The molecule has 0 radical (unpaired) electrons. The molecule has 1 aromatic rings. The number of carbonyl (C=O) groups excluding carboxylic acids is 1. The van der Waals surface area contributed by atoms with Crippen molar-refractivity contribution in [2.75, 3.05) is 7.11 Å². The molecule has 0 aromatic carbocycles. The summed E-state index contributed by atoms with van der Waals surface area (Å²) in [5.41, 5.74) is 1.06. The topological polar surface area (TPSA) is 56.1 Å². The van der Waals surface area contributed by atoms with Gasteiger partial charge in [-0.3, -0.25) is 9.48 Å². The van der Waals surface area contributed by atoms with Crippen LogP contribution in [0.15, 0.2) is 12.4 Å². The maximum absolute atomic E-state index is 11.1. The predicted molar refractivity (Wildman–Crippen MR) is 60.9 cm³/mol. The number of hydrogen-bond donors (Lipinski definition) is 1. The fraction of sp³-hybridized carbons (Fsp3) is 0.636. The fourth-order valence-corrected chi connectivity index (χ4v) is 1.28. The van der Waals surface area contributed by atoms with E-state index in [1.165, 1.54) is 7.11 Å². The van der Waals surface area contributed by atoms with Crippen LogP contribution in [0.4, 0.5) is 0 Å². The van der Waals surface area contributed by atoms with Crippen LogP contribution in [-0.4, -0.2) is 28.9 Å². The van der Waals surface area contributed by atoms with Crippen molar-refractivity contribution in [2.24, 2.45) is 0 Å². The molecular formula is C11H19N3O2. The van der Waals surface area contributed by atoms with Gasteiger partial charge in [0.1, 0.15) is 6.04 Å². The quantitative estimate of drug-likeness (QED) is 0.763. The molecule has 0 fully saturated rings. The monoisotopic (exact) mass is 225 g/mol. The summed E-state index contributed by atoms with van der Waals surface area (Å²) < 4.78 is 6.51. The molecule has 0 aliphatic rings. The van der Waals surface area contributed by atoms with Gasteiger partial charge in [0.25, 0.3) is 0 Å². The molecule has 5 nitrogen and oxygen atoms in total. The number of carbonyl (C=O) groups is 1. The minimum absolute atomic E-state index is 0.253. The van der Waals surface area contributed by atoms with Crippen LogP contribution in [-0.2, 0) is 16.1 Å². The van der Waals surface area contributed by atoms with Gasteiger partial charge in [-0.25, -0.2) is 0 Å². The third kappa shape index (κ3) is 3.34. The molecule has 0 saturated heterocycles. The molecule has 90 valence electrons. The van der Waals surface area contributed by atoms with E-state index >= 15 is 0 Å². The van der Waals surface area contributed by atoms with Gasteiger partial charge in [-0.05, 0) is 20.8 Å². The summed E-state index contributed by atoms with van der Waals surface area (Å²) in [6, 6.07) is 0.0548. The summed E-state index contributed by atoms with van der Waals surface area (Å²) >= 11 is 0. The van der Waals surface area contributed by atoms with E-state index in [0.717, 1.165) is 5.56 Å². The van der Waals surface area contributed by atoms with Gasteiger partial charge in [-0.1, -0.05) is 0 Å². The Morgan fingerprint density at radius 3 is 2.75 bits per heavy atom. The molecule has 0 amide bonds. The lowest BCUT2D eigenvalue weighted by Gasteiger charge is -2.10. The van der Waals surface area contributed by atoms with Crippen molar-refractivity contribution in [3.05, 3.63) is 18.0 Å². The number of ether oxygens (including phenoxy) is 1. The highest BCUT2D eigenvalue weighted by atomic mass is 16.5. The molecule has 1 heterocycles. The van der Waals surface area contributed by atoms with Crippen LogP contribution in [0.25, 0.3) is 0 Å². The minimum Gasteiger partial charge on any atom is -0.468 e. The molecule has 0 aliphatic carbocycles. The van der Waals surface area contributed by atoms with Crippen LogP contribution in [0.3, 0.4) is 0 Å². The average Bonchev–Trinajstić information content (AvgIpc) is 2.73. The highest BCUT2D eigenvalue weighted by Crippen LogP contribution is 2.05. The Balaban J connectivity index is 2.45. The van der Waals surface area contributed by atoms with E-state index in [2.05, 4.69) is 29.0 Å². The summed E-state index contributed by atoms with van der Waals surface area (Å²) in [5.74, 6) is -0.253. The van der Waals surface area contributed by atoms with Crippen molar-refractivity contribution in [2.45, 2.75) is 39.4 Å². The van der Waals surface area contributed by atoms with E-state index in [9.17, 15) is 4.79 Å². The lowest BCUT2D eigenvalue weighted by Crippen LogP contribution is -2.34. The van der Waals surface area contributed by atoms with Gasteiger partial charge in [0.05, 0.1) is 13.3 Å². The number of aromatic nitrogens is 2. The first kappa shape index (κ1) is 12.7. The molecule has 1 atom stereocenters. The minimum atomic E-state index is -0.299. The molecule has 0 unspecified atom stereocenters. The molecule has 1 N–H and O–H groups in total. The van der Waals surface area contributed by atoms with Crippen molar-refractivity contribution in [3.8, 4) is 0 Å². The molecule has 0 spiro atoms. The zero-order chi connectivity index (χ0) is 12.1. The molecule has 0 saturated carbocycles. The number of methoxy groups -OCH3 is 1. The van der Waals surface area contributed by atoms with E-state index in [1.807, 2.05) is 10.9 Å². The van der Waals surface area contributed by atoms with Crippen LogP contribution in [0, 0.1) is 0 Å². The van der Waals surface area contributed by atoms with Crippen molar-refractivity contribution in [3.63, 3.8) is 0 Å². The maximum Gasteiger partial charge on any atom is 0.322 e. The third-order valence-corrected chi connectivity index (χ3v) is 2.35. The van der Waals surface area contributed by atoms with E-state index in [0.29, 0.717) is 12.6 Å². The molecule has 1 aromatic heterocycles. The SMILES string of the molecule is COC(=O)[C@H](C)NCc1cnn(C(C)C)c1. The molecular weight excluding hydrogens is 206 g/mol. The average molecular weight is 225 g/mol. The Labute approximate surface area is 95.8 Å². The maximum atomic E-state index is 11.1. The van der Waals surface area contributed by atoms with Gasteiger partial charge < -0.3 is 10.1 Å². The Bertz CT molecular complexity index is 347. The second-order valence-corrected chi connectivity index (χ2v) is 4.05. The normalized spacial score (nSPS) is 12.8. The molecule has 16 heavy (non-hydrogen) atoms. The summed E-state index contributed by atoms with van der Waals surface area (Å²) in [6.07, 6.45) is 3.78. The first-order valence-electron chi connectivity index (χ1n) is 5.38. The zero-order valence-corrected chi connectivity index (χ0v) is 10.2. The number of rotatable bonds is 5. The second-order valence-electron chi connectivity index (χ2n) is 4.05. The number of nitrogens with one attached hydrogen (secondary N) is 1. The van der Waals surface area contributed by atoms with Crippen molar-refractivity contribution in [1.82, 2.24) is 15.1 Å². The fourth-order valence-electron chi connectivity index (χ4n) is 1.28. The van der Waals surface area contributed by atoms with Crippen molar-refractivity contribution < 1.29 is 9.53 Å². The van der Waals surface area contributed by atoms with Crippen LogP contribution in [0.2, 0.25) is 0 Å². The highest BCUT2D eigenvalue weighted by molar-refractivity contribution is 5.75. The number of nitrogens with zero attached hydrogens (tertiary/aromatic N) is 2. The molecule has 0 aliphatic heterocycles. The van der Waals surface area contributed by atoms with E-state index in [1.54, 1.807) is 13.1 Å². The van der Waals surface area contributed by atoms with E-state index in [-0.39, 0.29) is 12.0 Å². The Morgan fingerprint density at radius 1 is 1.56 bits per heavy atom. The van der Waals surface area contributed by atoms with Crippen LogP contribution >= 0.6 is 0 Å². The van der Waals surface area contributed by atoms with Crippen LogP contribution in [0.5, 0.6) is 0 Å². The van der Waals surface area contributed by atoms with Gasteiger partial charge in [0, 0.05) is 24.3 Å². The number of esters is 1. The van der Waals surface area contributed by atoms with Gasteiger partial charge in [0.2, 0.25) is 0 Å². The third-order valence-electron chi connectivity index (χ3n) is 2.35. The van der Waals surface area contributed by atoms with Gasteiger partial charge in [-0.2, -0.15) is 5.10 Å². The molecule has 5 heteroatoms. The largest absolute Gasteiger partial charge is 0.468 e. The summed E-state index contributed by atoms with van der Waals surface area (Å²) in [6.45, 7) is 6.53. The first-order chi connectivity index (χ1) is 7.54.